The zero-order valence-corrected chi connectivity index (χ0v) is 13.9. The number of amides is 2. The molecular weight excluding hydrogens is 292 g/mol. The first-order valence-electron chi connectivity index (χ1n) is 8.24. The fourth-order valence-corrected chi connectivity index (χ4v) is 2.92. The summed E-state index contributed by atoms with van der Waals surface area (Å²) in [7, 11) is 1.62. The highest BCUT2D eigenvalue weighted by molar-refractivity contribution is 5.92. The number of anilines is 1. The molecule has 1 aromatic rings. The van der Waals surface area contributed by atoms with Crippen LogP contribution in [0.5, 0.6) is 0 Å². The van der Waals surface area contributed by atoms with Crippen molar-refractivity contribution in [3.63, 3.8) is 0 Å². The molecule has 0 heterocycles. The summed E-state index contributed by atoms with van der Waals surface area (Å²) in [6, 6.07) is 7.80. The van der Waals surface area contributed by atoms with Gasteiger partial charge in [-0.3, -0.25) is 9.59 Å². The van der Waals surface area contributed by atoms with Gasteiger partial charge in [-0.15, -0.1) is 0 Å². The van der Waals surface area contributed by atoms with Crippen LogP contribution in [0.2, 0.25) is 0 Å². The highest BCUT2D eigenvalue weighted by Gasteiger charge is 2.29. The maximum Gasteiger partial charge on any atom is 0.227 e. The average molecular weight is 318 g/mol. The fraction of sp³-hybridized carbons (Fsp3) is 0.556. The summed E-state index contributed by atoms with van der Waals surface area (Å²) in [5.74, 6) is 0.168. The van der Waals surface area contributed by atoms with Gasteiger partial charge in [0, 0.05) is 31.2 Å². The molecule has 23 heavy (non-hydrogen) atoms. The van der Waals surface area contributed by atoms with Gasteiger partial charge in [0.2, 0.25) is 11.8 Å². The van der Waals surface area contributed by atoms with E-state index in [1.54, 1.807) is 7.11 Å². The number of ether oxygens (including phenoxy) is 1. The van der Waals surface area contributed by atoms with Crippen LogP contribution in [0.25, 0.3) is 0 Å². The summed E-state index contributed by atoms with van der Waals surface area (Å²) in [6.45, 7) is 3.09. The number of hydrogen-bond acceptors (Lipinski definition) is 3. The van der Waals surface area contributed by atoms with Crippen molar-refractivity contribution in [3.8, 4) is 0 Å². The molecule has 1 aliphatic rings. The molecule has 0 atom stereocenters. The second-order valence-electron chi connectivity index (χ2n) is 6.19. The van der Waals surface area contributed by atoms with Crippen LogP contribution in [-0.4, -0.2) is 32.1 Å². The molecule has 5 heteroatoms. The minimum absolute atomic E-state index is 0.000622. The lowest BCUT2D eigenvalue weighted by molar-refractivity contribution is -0.128. The number of hydrogen-bond donors (Lipinski definition) is 2. The van der Waals surface area contributed by atoms with Crippen LogP contribution in [0.1, 0.15) is 31.2 Å². The molecule has 2 rings (SSSR count). The van der Waals surface area contributed by atoms with E-state index >= 15 is 0 Å². The Morgan fingerprint density at radius 3 is 2.17 bits per heavy atom. The summed E-state index contributed by atoms with van der Waals surface area (Å²) >= 11 is 0. The Hall–Kier alpha value is -1.88. The van der Waals surface area contributed by atoms with Gasteiger partial charge in [0.15, 0.2) is 0 Å². The number of aryl methyl sites for hydroxylation is 1. The van der Waals surface area contributed by atoms with E-state index in [0.29, 0.717) is 13.2 Å². The number of carbonyl (C=O) groups is 2. The largest absolute Gasteiger partial charge is 0.383 e. The third-order valence-electron chi connectivity index (χ3n) is 4.39. The Bertz CT molecular complexity index is 520. The van der Waals surface area contributed by atoms with E-state index < -0.39 is 0 Å². The van der Waals surface area contributed by atoms with Crippen LogP contribution in [0.4, 0.5) is 5.69 Å². The minimum Gasteiger partial charge on any atom is -0.383 e. The first-order chi connectivity index (χ1) is 11.1. The molecule has 0 radical (unpaired) electrons. The minimum atomic E-state index is -0.000622. The van der Waals surface area contributed by atoms with Gasteiger partial charge in [0.05, 0.1) is 6.61 Å². The molecule has 0 aliphatic heterocycles. The summed E-state index contributed by atoms with van der Waals surface area (Å²) in [5, 5.41) is 5.85. The van der Waals surface area contributed by atoms with Crippen molar-refractivity contribution in [1.29, 1.82) is 0 Å². The van der Waals surface area contributed by atoms with Crippen molar-refractivity contribution in [2.75, 3.05) is 25.6 Å². The molecule has 5 nitrogen and oxygen atoms in total. The molecule has 0 aromatic heterocycles. The predicted octanol–water partition coefficient (Wildman–Crippen LogP) is 2.50. The molecule has 2 N–H and O–H groups in total. The Kier molecular flexibility index (Phi) is 6.59. The summed E-state index contributed by atoms with van der Waals surface area (Å²) in [4.78, 5) is 24.3. The third-order valence-corrected chi connectivity index (χ3v) is 4.39. The quantitative estimate of drug-likeness (QED) is 0.792. The van der Waals surface area contributed by atoms with E-state index in [-0.39, 0.29) is 23.7 Å². The Morgan fingerprint density at radius 1 is 1.04 bits per heavy atom. The van der Waals surface area contributed by atoms with Crippen molar-refractivity contribution in [1.82, 2.24) is 5.32 Å². The number of nitrogens with one attached hydrogen (secondary N) is 2. The van der Waals surface area contributed by atoms with E-state index in [1.807, 2.05) is 31.2 Å². The highest BCUT2D eigenvalue weighted by atomic mass is 16.5. The number of carbonyl (C=O) groups excluding carboxylic acids is 2. The second kappa shape index (κ2) is 8.67. The van der Waals surface area contributed by atoms with Gasteiger partial charge in [-0.05, 0) is 44.7 Å². The lowest BCUT2D eigenvalue weighted by Gasteiger charge is -2.27. The molecular formula is C18H26N2O3. The zero-order chi connectivity index (χ0) is 16.7. The van der Waals surface area contributed by atoms with Crippen molar-refractivity contribution in [3.05, 3.63) is 29.8 Å². The van der Waals surface area contributed by atoms with Gasteiger partial charge in [-0.1, -0.05) is 17.7 Å². The van der Waals surface area contributed by atoms with E-state index in [9.17, 15) is 9.59 Å². The number of methoxy groups -OCH3 is 1. The van der Waals surface area contributed by atoms with Crippen LogP contribution in [0.3, 0.4) is 0 Å². The van der Waals surface area contributed by atoms with Crippen LogP contribution < -0.4 is 10.6 Å². The Balaban J connectivity index is 1.76. The summed E-state index contributed by atoms with van der Waals surface area (Å²) < 4.78 is 4.92. The number of rotatable bonds is 6. The van der Waals surface area contributed by atoms with Gasteiger partial charge in [0.25, 0.3) is 0 Å². The first-order valence-corrected chi connectivity index (χ1v) is 8.24. The molecule has 0 saturated heterocycles. The van der Waals surface area contributed by atoms with Crippen LogP contribution in [-0.2, 0) is 14.3 Å². The van der Waals surface area contributed by atoms with E-state index in [4.69, 9.17) is 4.74 Å². The standard InChI is InChI=1S/C18H26N2O3/c1-13-3-9-16(10-4-13)20-18(22)15-7-5-14(6-8-15)17(21)19-11-12-23-2/h3-4,9-10,14-15H,5-8,11-12H2,1-2H3,(H,19,21)(H,20,22). The van der Waals surface area contributed by atoms with Crippen LogP contribution in [0.15, 0.2) is 24.3 Å². The maximum absolute atomic E-state index is 12.3. The zero-order valence-electron chi connectivity index (χ0n) is 13.9. The highest BCUT2D eigenvalue weighted by Crippen LogP contribution is 2.29. The van der Waals surface area contributed by atoms with E-state index in [1.165, 1.54) is 5.56 Å². The van der Waals surface area contributed by atoms with Gasteiger partial charge >= 0.3 is 0 Å². The fourth-order valence-electron chi connectivity index (χ4n) is 2.92. The topological polar surface area (TPSA) is 67.4 Å². The Labute approximate surface area is 137 Å². The molecule has 2 amide bonds. The van der Waals surface area contributed by atoms with E-state index in [2.05, 4.69) is 10.6 Å². The summed E-state index contributed by atoms with van der Waals surface area (Å²) in [5.41, 5.74) is 2.00. The first kappa shape index (κ1) is 17.5. The smallest absolute Gasteiger partial charge is 0.227 e. The molecule has 1 saturated carbocycles. The predicted molar refractivity (Wildman–Crippen MR) is 90.1 cm³/mol. The van der Waals surface area contributed by atoms with Gasteiger partial charge in [0.1, 0.15) is 0 Å². The van der Waals surface area contributed by atoms with Gasteiger partial charge in [-0.2, -0.15) is 0 Å². The molecule has 0 unspecified atom stereocenters. The molecule has 1 aliphatic carbocycles. The lowest BCUT2D eigenvalue weighted by atomic mass is 9.81. The number of benzene rings is 1. The SMILES string of the molecule is COCCNC(=O)C1CCC(C(=O)Nc2ccc(C)cc2)CC1. The van der Waals surface area contributed by atoms with Crippen LogP contribution in [0, 0.1) is 18.8 Å². The molecule has 1 aromatic carbocycles. The van der Waals surface area contributed by atoms with Crippen molar-refractivity contribution in [2.45, 2.75) is 32.6 Å². The normalized spacial score (nSPS) is 20.8. The molecule has 1 fully saturated rings. The van der Waals surface area contributed by atoms with Gasteiger partial charge < -0.3 is 15.4 Å². The second-order valence-corrected chi connectivity index (χ2v) is 6.19. The molecule has 0 bridgehead atoms. The van der Waals surface area contributed by atoms with Crippen LogP contribution >= 0.6 is 0 Å². The maximum atomic E-state index is 12.3. The summed E-state index contributed by atoms with van der Waals surface area (Å²) in [6.07, 6.45) is 3.07. The lowest BCUT2D eigenvalue weighted by Crippen LogP contribution is -2.36. The van der Waals surface area contributed by atoms with Gasteiger partial charge in [-0.25, -0.2) is 0 Å². The van der Waals surface area contributed by atoms with Crippen molar-refractivity contribution >= 4 is 17.5 Å². The monoisotopic (exact) mass is 318 g/mol. The van der Waals surface area contributed by atoms with Crippen molar-refractivity contribution < 1.29 is 14.3 Å². The Morgan fingerprint density at radius 2 is 1.61 bits per heavy atom. The van der Waals surface area contributed by atoms with E-state index in [0.717, 1.165) is 31.4 Å². The third kappa shape index (κ3) is 5.36. The molecule has 126 valence electrons. The van der Waals surface area contributed by atoms with Crippen molar-refractivity contribution in [2.24, 2.45) is 11.8 Å². The molecule has 0 spiro atoms. The average Bonchev–Trinajstić information content (AvgIpc) is 2.57.